The van der Waals surface area contributed by atoms with Gasteiger partial charge in [0.2, 0.25) is 0 Å². The van der Waals surface area contributed by atoms with Crippen molar-refractivity contribution >= 4 is 28.1 Å². The van der Waals surface area contributed by atoms with E-state index in [0.29, 0.717) is 113 Å². The van der Waals surface area contributed by atoms with Gasteiger partial charge in [0, 0.05) is 63.3 Å². The van der Waals surface area contributed by atoms with Crippen molar-refractivity contribution in [3.8, 4) is 0 Å². The van der Waals surface area contributed by atoms with Crippen LogP contribution in [0.5, 0.6) is 0 Å². The molecule has 1 saturated heterocycles. The molecule has 4 aromatic heterocycles. The lowest BCUT2D eigenvalue weighted by atomic mass is 9.79. The van der Waals surface area contributed by atoms with E-state index in [1.807, 2.05) is 13.8 Å². The zero-order valence-corrected chi connectivity index (χ0v) is 27.0. The summed E-state index contributed by atoms with van der Waals surface area (Å²) in [7, 11) is 0. The first-order valence-corrected chi connectivity index (χ1v) is 16.4. The van der Waals surface area contributed by atoms with Crippen molar-refractivity contribution in [2.75, 3.05) is 13.2 Å². The minimum Gasteiger partial charge on any atom is -0.390 e. The largest absolute Gasteiger partial charge is 0.390 e. The monoisotopic (exact) mass is 646 g/mol. The van der Waals surface area contributed by atoms with Crippen molar-refractivity contribution in [1.29, 1.82) is 0 Å². The highest BCUT2D eigenvalue weighted by molar-refractivity contribution is 5.79. The second kappa shape index (κ2) is 13.3. The number of aryl methyl sites for hydroxylation is 4. The van der Waals surface area contributed by atoms with Crippen LogP contribution in [0.4, 0.5) is 0 Å². The summed E-state index contributed by atoms with van der Waals surface area (Å²) in [5, 5.41) is 21.5. The predicted octanol–water partition coefficient (Wildman–Crippen LogP) is 2.90. The Bertz CT molecular complexity index is 1880. The van der Waals surface area contributed by atoms with Gasteiger partial charge in [0.05, 0.1) is 35.8 Å². The van der Waals surface area contributed by atoms with Crippen LogP contribution >= 0.6 is 0 Å². The highest BCUT2D eigenvalue weighted by atomic mass is 16.7. The lowest BCUT2D eigenvalue weighted by Crippen LogP contribution is -2.44. The quantitative estimate of drug-likeness (QED) is 0.316. The van der Waals surface area contributed by atoms with E-state index in [2.05, 4.69) is 19.9 Å². The number of aliphatic hydroxyl groups is 2. The molecule has 2 N–H and O–H groups in total. The van der Waals surface area contributed by atoms with Crippen LogP contribution in [0.3, 0.4) is 0 Å². The molecular formula is C34H42N6O7. The Labute approximate surface area is 271 Å². The molecule has 0 bridgehead atoms. The molecule has 0 unspecified atom stereocenters. The summed E-state index contributed by atoms with van der Waals surface area (Å²) in [5.41, 5.74) is 2.03. The number of Topliss-reactive ketones (excluding diaryl/α,β-unsaturated/α-hetero) is 1. The third-order valence-electron chi connectivity index (χ3n) is 9.71. The van der Waals surface area contributed by atoms with Crippen molar-refractivity contribution < 1.29 is 24.5 Å². The number of rotatable bonds is 6. The maximum atomic E-state index is 12.3. The topological polar surface area (TPSA) is 172 Å². The molecule has 0 amide bonds. The van der Waals surface area contributed by atoms with Gasteiger partial charge in [-0.2, -0.15) is 0 Å². The Kier molecular flexibility index (Phi) is 9.34. The molecule has 13 heteroatoms. The van der Waals surface area contributed by atoms with Crippen LogP contribution in [-0.2, 0) is 27.4 Å². The Balaban J connectivity index is 0.000000166. The number of nitrogens with zero attached hydrogens (tertiary/aromatic N) is 6. The molecule has 3 fully saturated rings. The second-order valence-corrected chi connectivity index (χ2v) is 13.2. The Morgan fingerprint density at radius 1 is 0.681 bits per heavy atom. The minimum atomic E-state index is -0.868. The molecule has 13 nitrogen and oxygen atoms in total. The van der Waals surface area contributed by atoms with E-state index in [-0.39, 0.29) is 16.9 Å². The van der Waals surface area contributed by atoms with Crippen molar-refractivity contribution in [1.82, 2.24) is 29.1 Å². The van der Waals surface area contributed by atoms with E-state index in [1.165, 1.54) is 12.1 Å². The number of aromatic nitrogens is 6. The van der Waals surface area contributed by atoms with Gasteiger partial charge in [0.25, 0.3) is 11.1 Å². The number of hydrogen-bond acceptors (Lipinski definition) is 11. The first kappa shape index (κ1) is 33.0. The summed E-state index contributed by atoms with van der Waals surface area (Å²) in [5.74, 6) is -0.293. The molecule has 250 valence electrons. The predicted molar refractivity (Wildman–Crippen MR) is 173 cm³/mol. The fraction of sp³-hybridized carbons (Fsp3) is 0.559. The molecule has 47 heavy (non-hydrogen) atoms. The standard InChI is InChI=1S/C18H23N3O4.C16H19N3O3/c1-13-12-19-14-2-3-15(22)21(16(14)20-13)9-8-17(23)4-6-18(7-5-17)24-10-11-25-18;1-11-10-17-13-2-3-14(21)19(15(13)18-11)9-8-16(22)6-4-12(20)5-7-16/h2-3,12,23H,4-11H2,1H3;2-3,10,22H,4-9H2,1H3. The van der Waals surface area contributed by atoms with Gasteiger partial charge < -0.3 is 19.7 Å². The molecule has 0 radical (unpaired) electrons. The summed E-state index contributed by atoms with van der Waals surface area (Å²) in [6, 6.07) is 6.33. The zero-order chi connectivity index (χ0) is 33.2. The van der Waals surface area contributed by atoms with Crippen molar-refractivity contribution in [3.05, 3.63) is 68.8 Å². The molecule has 1 aliphatic heterocycles. The Morgan fingerprint density at radius 3 is 1.60 bits per heavy atom. The van der Waals surface area contributed by atoms with Gasteiger partial charge >= 0.3 is 0 Å². The van der Waals surface area contributed by atoms with Crippen LogP contribution in [-0.4, -0.2) is 75.3 Å². The van der Waals surface area contributed by atoms with Crippen LogP contribution in [0.1, 0.15) is 75.6 Å². The second-order valence-electron chi connectivity index (χ2n) is 13.2. The highest BCUT2D eigenvalue weighted by Gasteiger charge is 2.45. The number of carbonyl (C=O) groups is 1. The first-order chi connectivity index (χ1) is 22.5. The van der Waals surface area contributed by atoms with Gasteiger partial charge in [0.15, 0.2) is 17.1 Å². The van der Waals surface area contributed by atoms with E-state index < -0.39 is 17.0 Å². The molecule has 2 aliphatic carbocycles. The molecule has 0 aromatic carbocycles. The van der Waals surface area contributed by atoms with E-state index in [1.54, 1.807) is 33.7 Å². The lowest BCUT2D eigenvalue weighted by molar-refractivity contribution is -0.203. The smallest absolute Gasteiger partial charge is 0.252 e. The number of ketones is 1. The van der Waals surface area contributed by atoms with Crippen molar-refractivity contribution in [2.24, 2.45) is 0 Å². The van der Waals surface area contributed by atoms with Gasteiger partial charge in [-0.25, -0.2) is 9.97 Å². The molecule has 3 aliphatic rings. The summed E-state index contributed by atoms with van der Waals surface area (Å²) < 4.78 is 14.6. The average molecular weight is 647 g/mol. The van der Waals surface area contributed by atoms with Crippen LogP contribution < -0.4 is 11.1 Å². The minimum absolute atomic E-state index is 0.120. The van der Waals surface area contributed by atoms with Gasteiger partial charge in [0.1, 0.15) is 16.8 Å². The summed E-state index contributed by atoms with van der Waals surface area (Å²) in [6.07, 6.45) is 8.65. The molecule has 0 atom stereocenters. The van der Waals surface area contributed by atoms with Gasteiger partial charge in [-0.15, -0.1) is 0 Å². The molecular weight excluding hydrogens is 604 g/mol. The lowest BCUT2D eigenvalue weighted by Gasteiger charge is -2.40. The number of carbonyl (C=O) groups excluding carboxylic acids is 1. The van der Waals surface area contributed by atoms with Gasteiger partial charge in [-0.05, 0) is 64.5 Å². The number of fused-ring (bicyclic) bond motifs is 2. The zero-order valence-electron chi connectivity index (χ0n) is 27.0. The van der Waals surface area contributed by atoms with E-state index in [9.17, 15) is 24.6 Å². The third kappa shape index (κ3) is 7.48. The summed E-state index contributed by atoms with van der Waals surface area (Å²) in [6.45, 7) is 5.72. The van der Waals surface area contributed by atoms with Crippen LogP contribution in [0.2, 0.25) is 0 Å². The van der Waals surface area contributed by atoms with E-state index in [4.69, 9.17) is 9.47 Å². The maximum Gasteiger partial charge on any atom is 0.252 e. The van der Waals surface area contributed by atoms with Gasteiger partial charge in [-0.1, -0.05) is 0 Å². The maximum absolute atomic E-state index is 12.3. The van der Waals surface area contributed by atoms with Crippen LogP contribution in [0.25, 0.3) is 22.3 Å². The Morgan fingerprint density at radius 2 is 1.13 bits per heavy atom. The fourth-order valence-corrected chi connectivity index (χ4v) is 6.72. The van der Waals surface area contributed by atoms with Crippen molar-refractivity contribution in [2.45, 2.75) is 108 Å². The van der Waals surface area contributed by atoms with Crippen molar-refractivity contribution in [3.63, 3.8) is 0 Å². The van der Waals surface area contributed by atoms with Gasteiger partial charge in [-0.3, -0.25) is 33.5 Å². The SMILES string of the molecule is Cc1cnc2ccc(=O)n(CCC3(O)CCC(=O)CC3)c2n1.Cc1cnc2ccc(=O)n(CCC3(O)CCC4(CC3)OCCO4)c2n1. The highest BCUT2D eigenvalue weighted by Crippen LogP contribution is 2.41. The van der Waals surface area contributed by atoms with Crippen LogP contribution in [0, 0.1) is 13.8 Å². The first-order valence-electron chi connectivity index (χ1n) is 16.4. The third-order valence-corrected chi connectivity index (χ3v) is 9.71. The molecule has 5 heterocycles. The number of hydrogen-bond donors (Lipinski definition) is 2. The fourth-order valence-electron chi connectivity index (χ4n) is 6.72. The molecule has 1 spiro atoms. The number of pyridine rings is 2. The molecule has 2 saturated carbocycles. The molecule has 7 rings (SSSR count). The Hall–Kier alpha value is -3.91. The van der Waals surface area contributed by atoms with Crippen LogP contribution in [0.15, 0.2) is 46.2 Å². The normalized spacial score (nSPS) is 20.0. The summed E-state index contributed by atoms with van der Waals surface area (Å²) in [4.78, 5) is 53.2. The molecule has 4 aromatic rings. The number of ether oxygens (including phenoxy) is 2. The summed E-state index contributed by atoms with van der Waals surface area (Å²) >= 11 is 0. The average Bonchev–Trinajstić information content (AvgIpc) is 3.52. The van der Waals surface area contributed by atoms with E-state index in [0.717, 1.165) is 11.4 Å². The van der Waals surface area contributed by atoms with E-state index >= 15 is 0 Å².